The van der Waals surface area contributed by atoms with Gasteiger partial charge in [-0.3, -0.25) is 23.4 Å². The minimum atomic E-state index is -4.35. The summed E-state index contributed by atoms with van der Waals surface area (Å²) in [4.78, 5) is 34.7. The maximum atomic E-state index is 12.0. The smallest absolute Gasteiger partial charge is 0.387 e. The Labute approximate surface area is 167 Å². The molecule has 166 valence electrons. The summed E-state index contributed by atoms with van der Waals surface area (Å²) in [6.07, 6.45) is 1.61. The molecular formula is C17H29N2O9P. The van der Waals surface area contributed by atoms with Crippen molar-refractivity contribution in [2.45, 2.75) is 70.0 Å². The molecule has 0 bridgehead atoms. The third-order valence-corrected chi connectivity index (χ3v) is 5.60. The lowest BCUT2D eigenvalue weighted by atomic mass is 10.1. The Morgan fingerprint density at radius 2 is 1.83 bits per heavy atom. The van der Waals surface area contributed by atoms with Gasteiger partial charge in [0, 0.05) is 12.3 Å². The molecule has 0 saturated carbocycles. The van der Waals surface area contributed by atoms with Crippen LogP contribution in [0.2, 0.25) is 0 Å². The van der Waals surface area contributed by atoms with Gasteiger partial charge in [-0.1, -0.05) is 39.0 Å². The molecule has 0 aromatic carbocycles. The maximum Gasteiger partial charge on any atom is 0.472 e. The molecule has 1 fully saturated rings. The number of phosphoric acid groups is 1. The highest BCUT2D eigenvalue weighted by Crippen LogP contribution is 2.44. The molecule has 12 heteroatoms. The molecule has 1 aromatic rings. The lowest BCUT2D eigenvalue weighted by Gasteiger charge is -2.17. The number of unbranched alkanes of at least 4 members (excludes halogenated alkanes) is 5. The van der Waals surface area contributed by atoms with E-state index < -0.39 is 50.2 Å². The van der Waals surface area contributed by atoms with E-state index >= 15 is 0 Å². The van der Waals surface area contributed by atoms with Gasteiger partial charge in [0.2, 0.25) is 0 Å². The van der Waals surface area contributed by atoms with Gasteiger partial charge in [0.25, 0.3) is 5.56 Å². The standard InChI is InChI=1S/C17H29N2O9P/c1-2-3-4-5-6-7-10-26-29(24,25)27-11-12-14(21)15(22)16(28-12)19-9-8-13(20)18-17(19)23/h8-9,12,14-16,21-22H,2-7,10-11H2,1H3,(H,24,25)(H,18,20,23)/t12-,14-,15-,16-/m1/s1. The molecule has 11 nitrogen and oxygen atoms in total. The first kappa shape index (κ1) is 23.9. The van der Waals surface area contributed by atoms with Crippen LogP contribution in [-0.4, -0.2) is 56.2 Å². The predicted molar refractivity (Wildman–Crippen MR) is 102 cm³/mol. The Hall–Kier alpha value is -1.33. The molecule has 5 atom stereocenters. The lowest BCUT2D eigenvalue weighted by Crippen LogP contribution is -2.37. The number of aliphatic hydroxyl groups excluding tert-OH is 2. The first-order valence-electron chi connectivity index (χ1n) is 9.70. The van der Waals surface area contributed by atoms with E-state index in [0.717, 1.165) is 48.9 Å². The zero-order chi connectivity index (χ0) is 21.4. The molecule has 1 aliphatic rings. The minimum Gasteiger partial charge on any atom is -0.387 e. The van der Waals surface area contributed by atoms with Crippen LogP contribution in [0.25, 0.3) is 0 Å². The van der Waals surface area contributed by atoms with Crippen molar-refractivity contribution < 1.29 is 33.5 Å². The van der Waals surface area contributed by atoms with Crippen molar-refractivity contribution in [1.82, 2.24) is 9.55 Å². The molecule has 1 unspecified atom stereocenters. The summed E-state index contributed by atoms with van der Waals surface area (Å²) in [7, 11) is -4.35. The largest absolute Gasteiger partial charge is 0.472 e. The third kappa shape index (κ3) is 7.14. The number of aliphatic hydroxyl groups is 2. The third-order valence-electron chi connectivity index (χ3n) is 4.62. The highest BCUT2D eigenvalue weighted by Gasteiger charge is 2.45. The second-order valence-electron chi connectivity index (χ2n) is 6.93. The van der Waals surface area contributed by atoms with Crippen molar-refractivity contribution in [3.05, 3.63) is 33.1 Å². The fraction of sp³-hybridized carbons (Fsp3) is 0.765. The Balaban J connectivity index is 1.81. The van der Waals surface area contributed by atoms with E-state index in [4.69, 9.17) is 13.8 Å². The number of phosphoric ester groups is 1. The minimum absolute atomic E-state index is 0.0615. The van der Waals surface area contributed by atoms with Gasteiger partial charge in [-0.2, -0.15) is 0 Å². The van der Waals surface area contributed by atoms with Crippen LogP contribution in [0.4, 0.5) is 0 Å². The Morgan fingerprint density at radius 3 is 2.52 bits per heavy atom. The van der Waals surface area contributed by atoms with Crippen molar-refractivity contribution in [3.63, 3.8) is 0 Å². The molecule has 4 N–H and O–H groups in total. The predicted octanol–water partition coefficient (Wildman–Crippen LogP) is 0.650. The zero-order valence-electron chi connectivity index (χ0n) is 16.3. The fourth-order valence-electron chi connectivity index (χ4n) is 2.99. The zero-order valence-corrected chi connectivity index (χ0v) is 17.2. The highest BCUT2D eigenvalue weighted by molar-refractivity contribution is 7.47. The summed E-state index contributed by atoms with van der Waals surface area (Å²) in [6.45, 7) is 1.65. The number of aromatic nitrogens is 2. The summed E-state index contributed by atoms with van der Waals surface area (Å²) in [6, 6.07) is 1.06. The molecule has 0 amide bonds. The van der Waals surface area contributed by atoms with Gasteiger partial charge >= 0.3 is 13.5 Å². The van der Waals surface area contributed by atoms with Crippen molar-refractivity contribution in [1.29, 1.82) is 0 Å². The Morgan fingerprint density at radius 1 is 1.14 bits per heavy atom. The molecule has 1 saturated heterocycles. The molecule has 2 rings (SSSR count). The van der Waals surface area contributed by atoms with Crippen molar-refractivity contribution in [2.24, 2.45) is 0 Å². The van der Waals surface area contributed by atoms with Gasteiger partial charge in [0.1, 0.15) is 18.3 Å². The van der Waals surface area contributed by atoms with E-state index in [1.807, 2.05) is 4.98 Å². The average molecular weight is 436 g/mol. The van der Waals surface area contributed by atoms with Gasteiger partial charge in [0.15, 0.2) is 6.23 Å². The first-order chi connectivity index (χ1) is 13.7. The SMILES string of the molecule is CCCCCCCCOP(=O)(O)OC[C@H]1O[C@@H](n2ccc(=O)[nH]c2=O)[C@H](O)[C@@H]1O. The molecule has 29 heavy (non-hydrogen) atoms. The molecule has 2 heterocycles. The normalized spacial score (nSPS) is 26.5. The summed E-state index contributed by atoms with van der Waals surface area (Å²) in [5.74, 6) is 0. The molecule has 1 aromatic heterocycles. The molecule has 0 aliphatic carbocycles. The van der Waals surface area contributed by atoms with Crippen LogP contribution in [0.1, 0.15) is 51.7 Å². The highest BCUT2D eigenvalue weighted by atomic mass is 31.2. The Bertz CT molecular complexity index is 796. The van der Waals surface area contributed by atoms with E-state index in [-0.39, 0.29) is 6.61 Å². The molecule has 0 radical (unpaired) electrons. The molecule has 1 aliphatic heterocycles. The monoisotopic (exact) mass is 436 g/mol. The van der Waals surface area contributed by atoms with Crippen LogP contribution < -0.4 is 11.2 Å². The van der Waals surface area contributed by atoms with Crippen LogP contribution in [0.15, 0.2) is 21.9 Å². The van der Waals surface area contributed by atoms with E-state index in [2.05, 4.69) is 6.92 Å². The van der Waals surface area contributed by atoms with Crippen LogP contribution in [0.3, 0.4) is 0 Å². The topological polar surface area (TPSA) is 160 Å². The number of hydrogen-bond donors (Lipinski definition) is 4. The second kappa shape index (κ2) is 11.2. The van der Waals surface area contributed by atoms with E-state index in [9.17, 15) is 29.3 Å². The number of nitrogens with one attached hydrogen (secondary N) is 1. The summed E-state index contributed by atoms with van der Waals surface area (Å²) < 4.78 is 28.0. The average Bonchev–Trinajstić information content (AvgIpc) is 2.94. The van der Waals surface area contributed by atoms with Gasteiger partial charge in [-0.25, -0.2) is 9.36 Å². The quantitative estimate of drug-likeness (QED) is 0.272. The van der Waals surface area contributed by atoms with Crippen LogP contribution in [0, 0.1) is 0 Å². The summed E-state index contributed by atoms with van der Waals surface area (Å²) >= 11 is 0. The number of aromatic amines is 1. The first-order valence-corrected chi connectivity index (χ1v) is 11.2. The van der Waals surface area contributed by atoms with Gasteiger partial charge in [0.05, 0.1) is 13.2 Å². The van der Waals surface area contributed by atoms with Crippen molar-refractivity contribution in [2.75, 3.05) is 13.2 Å². The van der Waals surface area contributed by atoms with Crippen molar-refractivity contribution in [3.8, 4) is 0 Å². The van der Waals surface area contributed by atoms with Gasteiger partial charge in [-0.15, -0.1) is 0 Å². The summed E-state index contributed by atoms with van der Waals surface area (Å²) in [5.41, 5.74) is -1.45. The lowest BCUT2D eigenvalue weighted by molar-refractivity contribution is -0.0552. The number of rotatable bonds is 12. The maximum absolute atomic E-state index is 12.0. The van der Waals surface area contributed by atoms with Crippen molar-refractivity contribution >= 4 is 7.82 Å². The molecular weight excluding hydrogens is 407 g/mol. The van der Waals surface area contributed by atoms with Crippen LogP contribution in [-0.2, 0) is 18.3 Å². The number of hydrogen-bond acceptors (Lipinski definition) is 8. The second-order valence-corrected chi connectivity index (χ2v) is 8.38. The molecule has 0 spiro atoms. The van der Waals surface area contributed by atoms with Gasteiger partial charge in [-0.05, 0) is 6.42 Å². The number of nitrogens with zero attached hydrogens (tertiary/aromatic N) is 1. The Kier molecular flexibility index (Phi) is 9.22. The van der Waals surface area contributed by atoms with Gasteiger partial charge < -0.3 is 19.8 Å². The van der Waals surface area contributed by atoms with E-state index in [1.165, 1.54) is 0 Å². The van der Waals surface area contributed by atoms with E-state index in [1.54, 1.807) is 0 Å². The van der Waals surface area contributed by atoms with Crippen LogP contribution >= 0.6 is 7.82 Å². The van der Waals surface area contributed by atoms with Crippen LogP contribution in [0.5, 0.6) is 0 Å². The van der Waals surface area contributed by atoms with E-state index in [0.29, 0.717) is 6.42 Å². The number of ether oxygens (including phenoxy) is 1. The fourth-order valence-corrected chi connectivity index (χ4v) is 3.76. The summed E-state index contributed by atoms with van der Waals surface area (Å²) in [5, 5.41) is 20.2. The number of H-pyrrole nitrogens is 1.